The monoisotopic (exact) mass is 402 g/mol. The quantitative estimate of drug-likeness (QED) is 0.643. The lowest BCUT2D eigenvalue weighted by Gasteiger charge is -2.23. The van der Waals surface area contributed by atoms with Crippen LogP contribution in [-0.4, -0.2) is 36.4 Å². The van der Waals surface area contributed by atoms with Crippen LogP contribution < -0.4 is 15.6 Å². The van der Waals surface area contributed by atoms with E-state index in [9.17, 15) is 14.4 Å². The number of fused-ring (bicyclic) bond motifs is 1. The standard InChI is InChI=1S/C23H22N4O3/c1-23(18-10-4-3-5-11-18)21(29)27(22(30)24-23)25-20(28)15-26(2)19-13-12-16-8-6-7-9-17(16)14-19/h3-14H,15H2,1-2H3,(H,24,30)(H,25,28)/t23-/m0/s1. The molecule has 1 aliphatic heterocycles. The minimum atomic E-state index is -1.23. The van der Waals surface area contributed by atoms with Gasteiger partial charge in [0, 0.05) is 12.7 Å². The van der Waals surface area contributed by atoms with Crippen LogP contribution in [0.15, 0.2) is 72.8 Å². The molecule has 0 saturated carbocycles. The van der Waals surface area contributed by atoms with Crippen LogP contribution >= 0.6 is 0 Å². The summed E-state index contributed by atoms with van der Waals surface area (Å²) in [6.07, 6.45) is 0. The number of rotatable bonds is 5. The molecule has 1 atom stereocenters. The Hall–Kier alpha value is -3.87. The number of carbonyl (C=O) groups excluding carboxylic acids is 3. The fourth-order valence-electron chi connectivity index (χ4n) is 3.59. The highest BCUT2D eigenvalue weighted by molar-refractivity contribution is 6.08. The summed E-state index contributed by atoms with van der Waals surface area (Å²) in [4.78, 5) is 39.6. The third-order valence-electron chi connectivity index (χ3n) is 5.33. The summed E-state index contributed by atoms with van der Waals surface area (Å²) < 4.78 is 0. The van der Waals surface area contributed by atoms with Crippen molar-refractivity contribution in [2.45, 2.75) is 12.5 Å². The van der Waals surface area contributed by atoms with E-state index in [-0.39, 0.29) is 6.54 Å². The second kappa shape index (κ2) is 7.51. The summed E-state index contributed by atoms with van der Waals surface area (Å²) in [5.41, 5.74) is 2.71. The Morgan fingerprint density at radius 2 is 1.67 bits per heavy atom. The number of imide groups is 1. The minimum Gasteiger partial charge on any atom is -0.365 e. The van der Waals surface area contributed by atoms with Crippen LogP contribution in [0.1, 0.15) is 12.5 Å². The molecule has 1 aliphatic rings. The predicted molar refractivity (Wildman–Crippen MR) is 115 cm³/mol. The average Bonchev–Trinajstić information content (AvgIpc) is 2.98. The number of benzene rings is 3. The molecular formula is C23H22N4O3. The van der Waals surface area contributed by atoms with Crippen molar-refractivity contribution < 1.29 is 14.4 Å². The van der Waals surface area contributed by atoms with E-state index in [0.717, 1.165) is 21.5 Å². The van der Waals surface area contributed by atoms with E-state index < -0.39 is 23.4 Å². The van der Waals surface area contributed by atoms with Gasteiger partial charge in [-0.15, -0.1) is 0 Å². The normalized spacial score (nSPS) is 18.4. The topological polar surface area (TPSA) is 81.8 Å². The molecule has 4 amide bonds. The number of hydrogen-bond donors (Lipinski definition) is 2. The fourth-order valence-corrected chi connectivity index (χ4v) is 3.59. The summed E-state index contributed by atoms with van der Waals surface area (Å²) in [6, 6.07) is 22.1. The molecule has 0 unspecified atom stereocenters. The molecule has 30 heavy (non-hydrogen) atoms. The maximum atomic E-state index is 12.9. The van der Waals surface area contributed by atoms with Crippen molar-refractivity contribution >= 4 is 34.3 Å². The molecule has 152 valence electrons. The van der Waals surface area contributed by atoms with Crippen molar-refractivity contribution in [3.05, 3.63) is 78.4 Å². The summed E-state index contributed by atoms with van der Waals surface area (Å²) in [7, 11) is 1.78. The van der Waals surface area contributed by atoms with E-state index in [1.54, 1.807) is 43.1 Å². The zero-order valence-electron chi connectivity index (χ0n) is 16.8. The summed E-state index contributed by atoms with van der Waals surface area (Å²) in [5.74, 6) is -0.994. The Morgan fingerprint density at radius 1 is 1.00 bits per heavy atom. The largest absolute Gasteiger partial charge is 0.365 e. The number of nitrogens with zero attached hydrogens (tertiary/aromatic N) is 2. The molecule has 0 aliphatic carbocycles. The van der Waals surface area contributed by atoms with E-state index >= 15 is 0 Å². The predicted octanol–water partition coefficient (Wildman–Crippen LogP) is 2.77. The molecule has 0 spiro atoms. The molecule has 4 rings (SSSR count). The second-order valence-corrected chi connectivity index (χ2v) is 7.48. The van der Waals surface area contributed by atoms with Gasteiger partial charge in [-0.1, -0.05) is 60.7 Å². The molecule has 0 bridgehead atoms. The van der Waals surface area contributed by atoms with E-state index in [4.69, 9.17) is 0 Å². The molecule has 1 saturated heterocycles. The highest BCUT2D eigenvalue weighted by Gasteiger charge is 2.49. The molecule has 2 N–H and O–H groups in total. The SMILES string of the molecule is CN(CC(=O)NN1C(=O)N[C@@](C)(c2ccccc2)C1=O)c1ccc2ccccc2c1. The third kappa shape index (κ3) is 3.45. The molecule has 0 aromatic heterocycles. The Morgan fingerprint density at radius 3 is 2.40 bits per heavy atom. The van der Waals surface area contributed by atoms with Crippen LogP contribution in [0.4, 0.5) is 10.5 Å². The Bertz CT molecular complexity index is 1130. The van der Waals surface area contributed by atoms with Gasteiger partial charge in [-0.2, -0.15) is 5.01 Å². The maximum absolute atomic E-state index is 12.9. The number of urea groups is 1. The molecule has 7 nitrogen and oxygen atoms in total. The van der Waals surface area contributed by atoms with Crippen molar-refractivity contribution in [2.75, 3.05) is 18.5 Å². The third-order valence-corrected chi connectivity index (χ3v) is 5.33. The van der Waals surface area contributed by atoms with Crippen molar-refractivity contribution in [3.8, 4) is 0 Å². The second-order valence-electron chi connectivity index (χ2n) is 7.48. The molecule has 1 heterocycles. The Kier molecular flexibility index (Phi) is 4.87. The van der Waals surface area contributed by atoms with E-state index in [0.29, 0.717) is 5.56 Å². The zero-order valence-corrected chi connectivity index (χ0v) is 16.8. The zero-order chi connectivity index (χ0) is 21.3. The Labute approximate surface area is 174 Å². The van der Waals surface area contributed by atoms with Gasteiger partial charge in [0.1, 0.15) is 5.54 Å². The van der Waals surface area contributed by atoms with Gasteiger partial charge in [0.25, 0.3) is 11.8 Å². The van der Waals surface area contributed by atoms with E-state index in [1.165, 1.54) is 0 Å². The van der Waals surface area contributed by atoms with Gasteiger partial charge in [-0.25, -0.2) is 4.79 Å². The van der Waals surface area contributed by atoms with Gasteiger partial charge in [-0.05, 0) is 35.4 Å². The first-order chi connectivity index (χ1) is 14.4. The van der Waals surface area contributed by atoms with Gasteiger partial charge >= 0.3 is 6.03 Å². The molecule has 0 radical (unpaired) electrons. The maximum Gasteiger partial charge on any atom is 0.344 e. The number of likely N-dealkylation sites (N-methyl/N-ethyl adjacent to an activating group) is 1. The fraction of sp³-hybridized carbons (Fsp3) is 0.174. The lowest BCUT2D eigenvalue weighted by Crippen LogP contribution is -2.50. The molecule has 3 aromatic carbocycles. The number of anilines is 1. The number of nitrogens with one attached hydrogen (secondary N) is 2. The van der Waals surface area contributed by atoms with Crippen LogP contribution in [0.2, 0.25) is 0 Å². The minimum absolute atomic E-state index is 0.0164. The summed E-state index contributed by atoms with van der Waals surface area (Å²) >= 11 is 0. The molecular weight excluding hydrogens is 380 g/mol. The van der Waals surface area contributed by atoms with Crippen LogP contribution in [-0.2, 0) is 15.1 Å². The van der Waals surface area contributed by atoms with Crippen LogP contribution in [0, 0.1) is 0 Å². The molecule has 7 heteroatoms. The molecule has 3 aromatic rings. The number of carbonyl (C=O) groups is 3. The van der Waals surface area contributed by atoms with Gasteiger partial charge in [-0.3, -0.25) is 15.0 Å². The van der Waals surface area contributed by atoms with Crippen molar-refractivity contribution in [2.24, 2.45) is 0 Å². The lowest BCUT2D eigenvalue weighted by molar-refractivity contribution is -0.138. The van der Waals surface area contributed by atoms with E-state index in [1.807, 2.05) is 48.5 Å². The Balaban J connectivity index is 1.45. The molecule has 1 fully saturated rings. The highest BCUT2D eigenvalue weighted by atomic mass is 16.2. The van der Waals surface area contributed by atoms with Crippen molar-refractivity contribution in [3.63, 3.8) is 0 Å². The summed E-state index contributed by atoms with van der Waals surface area (Å²) in [5, 5.41) is 5.59. The van der Waals surface area contributed by atoms with Crippen LogP contribution in [0.3, 0.4) is 0 Å². The number of amides is 4. The van der Waals surface area contributed by atoms with Gasteiger partial charge in [0.15, 0.2) is 0 Å². The first-order valence-electron chi connectivity index (χ1n) is 9.60. The summed E-state index contributed by atoms with van der Waals surface area (Å²) in [6.45, 7) is 1.60. The average molecular weight is 402 g/mol. The first kappa shape index (κ1) is 19.4. The van der Waals surface area contributed by atoms with Crippen molar-refractivity contribution in [1.29, 1.82) is 0 Å². The lowest BCUT2D eigenvalue weighted by atomic mass is 9.92. The number of hydrazine groups is 1. The van der Waals surface area contributed by atoms with Gasteiger partial charge in [0.2, 0.25) is 0 Å². The first-order valence-corrected chi connectivity index (χ1v) is 9.60. The van der Waals surface area contributed by atoms with Crippen molar-refractivity contribution in [1.82, 2.24) is 15.8 Å². The van der Waals surface area contributed by atoms with Gasteiger partial charge < -0.3 is 10.2 Å². The van der Waals surface area contributed by atoms with Crippen LogP contribution in [0.25, 0.3) is 10.8 Å². The smallest absolute Gasteiger partial charge is 0.344 e. The van der Waals surface area contributed by atoms with E-state index in [2.05, 4.69) is 10.7 Å². The number of hydrogen-bond acceptors (Lipinski definition) is 4. The highest BCUT2D eigenvalue weighted by Crippen LogP contribution is 2.27. The van der Waals surface area contributed by atoms with Gasteiger partial charge in [0.05, 0.1) is 6.54 Å². The van der Waals surface area contributed by atoms with Crippen LogP contribution in [0.5, 0.6) is 0 Å².